The van der Waals surface area contributed by atoms with Gasteiger partial charge in [-0.05, 0) is 18.6 Å². The van der Waals surface area contributed by atoms with Crippen molar-refractivity contribution in [3.05, 3.63) is 23.9 Å². The summed E-state index contributed by atoms with van der Waals surface area (Å²) in [6.45, 7) is 3.35. The van der Waals surface area contributed by atoms with Crippen LogP contribution in [0.1, 0.15) is 23.7 Å². The van der Waals surface area contributed by atoms with Crippen LogP contribution in [0.15, 0.2) is 18.3 Å². The fraction of sp³-hybridized carbons (Fsp3) is 0.417. The first-order valence-corrected chi connectivity index (χ1v) is 5.72. The van der Waals surface area contributed by atoms with Crippen LogP contribution in [0.5, 0.6) is 0 Å². The first-order valence-electron chi connectivity index (χ1n) is 5.72. The fourth-order valence-corrected chi connectivity index (χ4v) is 2.03. The van der Waals surface area contributed by atoms with E-state index in [-0.39, 0.29) is 11.9 Å². The summed E-state index contributed by atoms with van der Waals surface area (Å²) in [7, 11) is 0. The van der Waals surface area contributed by atoms with Gasteiger partial charge in [-0.2, -0.15) is 0 Å². The van der Waals surface area contributed by atoms with E-state index < -0.39 is 0 Å². The minimum atomic E-state index is -0.168. The Hall–Kier alpha value is -1.91. The molecule has 1 saturated heterocycles. The molecule has 5 heteroatoms. The van der Waals surface area contributed by atoms with Gasteiger partial charge in [-0.15, -0.1) is 0 Å². The molecule has 1 amide bonds. The largest absolute Gasteiger partial charge is 0.353 e. The number of rotatable bonds is 3. The maximum atomic E-state index is 11.7. The summed E-state index contributed by atoms with van der Waals surface area (Å²) < 4.78 is 0. The van der Waals surface area contributed by atoms with Crippen LogP contribution in [0.2, 0.25) is 0 Å². The number of piperazine rings is 1. The van der Waals surface area contributed by atoms with E-state index >= 15 is 0 Å². The van der Waals surface area contributed by atoms with Crippen LogP contribution >= 0.6 is 0 Å². The van der Waals surface area contributed by atoms with Gasteiger partial charge in [0.05, 0.1) is 0 Å². The smallest absolute Gasteiger partial charge is 0.242 e. The SMILES string of the molecule is CCC1C(=O)NCCN1c1ccc(C=O)cn1. The number of nitrogens with zero attached hydrogens (tertiary/aromatic N) is 2. The zero-order valence-electron chi connectivity index (χ0n) is 9.72. The number of carbonyl (C=O) groups excluding carboxylic acids is 2. The number of pyridine rings is 1. The molecule has 0 spiro atoms. The molecule has 1 unspecified atom stereocenters. The summed E-state index contributed by atoms with van der Waals surface area (Å²) in [5.41, 5.74) is 0.545. The Labute approximate surface area is 99.8 Å². The van der Waals surface area contributed by atoms with Crippen molar-refractivity contribution in [1.29, 1.82) is 0 Å². The Morgan fingerprint density at radius 2 is 2.41 bits per heavy atom. The van der Waals surface area contributed by atoms with Crippen molar-refractivity contribution < 1.29 is 9.59 Å². The third kappa shape index (κ3) is 2.27. The van der Waals surface area contributed by atoms with Crippen molar-refractivity contribution in [3.8, 4) is 0 Å². The predicted octanol–water partition coefficient (Wildman–Crippen LogP) is 0.609. The zero-order valence-corrected chi connectivity index (χ0v) is 9.72. The molecule has 1 aromatic heterocycles. The molecular formula is C12H15N3O2. The van der Waals surface area contributed by atoms with Crippen molar-refractivity contribution in [1.82, 2.24) is 10.3 Å². The van der Waals surface area contributed by atoms with Gasteiger partial charge in [0.1, 0.15) is 11.9 Å². The molecule has 0 radical (unpaired) electrons. The molecule has 0 aliphatic carbocycles. The number of carbonyl (C=O) groups is 2. The van der Waals surface area contributed by atoms with Crippen LogP contribution < -0.4 is 10.2 Å². The van der Waals surface area contributed by atoms with Crippen molar-refractivity contribution in [3.63, 3.8) is 0 Å². The maximum Gasteiger partial charge on any atom is 0.242 e. The molecule has 5 nitrogen and oxygen atoms in total. The lowest BCUT2D eigenvalue weighted by atomic mass is 10.1. The Balaban J connectivity index is 2.24. The third-order valence-electron chi connectivity index (χ3n) is 2.92. The van der Waals surface area contributed by atoms with E-state index in [1.54, 1.807) is 12.1 Å². The number of hydrogen-bond donors (Lipinski definition) is 1. The normalized spacial score (nSPS) is 19.9. The highest BCUT2D eigenvalue weighted by molar-refractivity contribution is 5.86. The lowest BCUT2D eigenvalue weighted by molar-refractivity contribution is -0.123. The van der Waals surface area contributed by atoms with Gasteiger partial charge < -0.3 is 10.2 Å². The number of hydrogen-bond acceptors (Lipinski definition) is 4. The van der Waals surface area contributed by atoms with Crippen molar-refractivity contribution in [2.45, 2.75) is 19.4 Å². The van der Waals surface area contributed by atoms with Gasteiger partial charge in [0.25, 0.3) is 0 Å². The van der Waals surface area contributed by atoms with Gasteiger partial charge in [-0.3, -0.25) is 9.59 Å². The van der Waals surface area contributed by atoms with Gasteiger partial charge in [-0.1, -0.05) is 6.92 Å². The van der Waals surface area contributed by atoms with Crippen LogP contribution in [-0.4, -0.2) is 36.3 Å². The second-order valence-corrected chi connectivity index (χ2v) is 3.98. The molecular weight excluding hydrogens is 218 g/mol. The van der Waals surface area contributed by atoms with E-state index in [4.69, 9.17) is 0 Å². The lowest BCUT2D eigenvalue weighted by Gasteiger charge is -2.35. The van der Waals surface area contributed by atoms with Crippen molar-refractivity contribution in [2.75, 3.05) is 18.0 Å². The van der Waals surface area contributed by atoms with Gasteiger partial charge >= 0.3 is 0 Å². The average Bonchev–Trinajstić information content (AvgIpc) is 2.38. The molecule has 1 N–H and O–H groups in total. The van der Waals surface area contributed by atoms with E-state index in [2.05, 4.69) is 10.3 Å². The molecule has 17 heavy (non-hydrogen) atoms. The third-order valence-corrected chi connectivity index (χ3v) is 2.92. The molecule has 1 fully saturated rings. The molecule has 1 aromatic rings. The van der Waals surface area contributed by atoms with E-state index in [0.29, 0.717) is 12.1 Å². The van der Waals surface area contributed by atoms with Gasteiger partial charge in [0.15, 0.2) is 6.29 Å². The Bertz CT molecular complexity index is 416. The second-order valence-electron chi connectivity index (χ2n) is 3.98. The number of aldehydes is 1. The Morgan fingerprint density at radius 3 is 3.00 bits per heavy atom. The Morgan fingerprint density at radius 1 is 1.59 bits per heavy atom. The van der Waals surface area contributed by atoms with Gasteiger partial charge in [-0.25, -0.2) is 4.98 Å². The number of anilines is 1. The quantitative estimate of drug-likeness (QED) is 0.777. The van der Waals surface area contributed by atoms with E-state index in [1.807, 2.05) is 11.8 Å². The zero-order chi connectivity index (χ0) is 12.3. The van der Waals surface area contributed by atoms with Crippen molar-refractivity contribution in [2.24, 2.45) is 0 Å². The van der Waals surface area contributed by atoms with E-state index in [1.165, 1.54) is 6.20 Å². The minimum Gasteiger partial charge on any atom is -0.353 e. The topological polar surface area (TPSA) is 62.3 Å². The molecule has 2 heterocycles. The summed E-state index contributed by atoms with van der Waals surface area (Å²) in [4.78, 5) is 28.4. The van der Waals surface area contributed by atoms with Crippen LogP contribution in [0.25, 0.3) is 0 Å². The second kappa shape index (κ2) is 4.95. The molecule has 1 aliphatic rings. The number of amides is 1. The van der Waals surface area contributed by atoms with Gasteiger partial charge in [0, 0.05) is 24.8 Å². The van der Waals surface area contributed by atoms with E-state index in [9.17, 15) is 9.59 Å². The first-order chi connectivity index (χ1) is 8.26. The Kier molecular flexibility index (Phi) is 3.37. The summed E-state index contributed by atoms with van der Waals surface area (Å²) in [6.07, 6.45) is 3.03. The molecule has 0 aromatic carbocycles. The van der Waals surface area contributed by atoms with Crippen LogP contribution in [-0.2, 0) is 4.79 Å². The van der Waals surface area contributed by atoms with Crippen LogP contribution in [0.3, 0.4) is 0 Å². The summed E-state index contributed by atoms with van der Waals surface area (Å²) in [5, 5.41) is 2.84. The minimum absolute atomic E-state index is 0.0417. The summed E-state index contributed by atoms with van der Waals surface area (Å²) >= 11 is 0. The molecule has 90 valence electrons. The van der Waals surface area contributed by atoms with Gasteiger partial charge in [0.2, 0.25) is 5.91 Å². The first kappa shape index (κ1) is 11.6. The predicted molar refractivity (Wildman–Crippen MR) is 64.1 cm³/mol. The van der Waals surface area contributed by atoms with Crippen LogP contribution in [0, 0.1) is 0 Å². The van der Waals surface area contributed by atoms with Crippen LogP contribution in [0.4, 0.5) is 5.82 Å². The highest BCUT2D eigenvalue weighted by Gasteiger charge is 2.28. The molecule has 1 aliphatic heterocycles. The summed E-state index contributed by atoms with van der Waals surface area (Å²) in [6, 6.07) is 3.33. The molecule has 1 atom stereocenters. The standard InChI is InChI=1S/C12H15N3O2/c1-2-10-12(17)13-5-6-15(10)11-4-3-9(8-16)7-14-11/h3-4,7-8,10H,2,5-6H2,1H3,(H,13,17). The molecule has 0 saturated carbocycles. The monoisotopic (exact) mass is 233 g/mol. The fourth-order valence-electron chi connectivity index (χ4n) is 2.03. The van der Waals surface area contributed by atoms with E-state index in [0.717, 1.165) is 25.1 Å². The average molecular weight is 233 g/mol. The molecule has 0 bridgehead atoms. The number of aromatic nitrogens is 1. The highest BCUT2D eigenvalue weighted by atomic mass is 16.2. The summed E-state index contributed by atoms with van der Waals surface area (Å²) in [5.74, 6) is 0.789. The molecule has 2 rings (SSSR count). The maximum absolute atomic E-state index is 11.7. The highest BCUT2D eigenvalue weighted by Crippen LogP contribution is 2.17. The van der Waals surface area contributed by atoms with Crippen molar-refractivity contribution >= 4 is 18.0 Å². The lowest BCUT2D eigenvalue weighted by Crippen LogP contribution is -2.55. The number of nitrogens with one attached hydrogen (secondary N) is 1.